The molecule has 0 spiro atoms. The van der Waals surface area contributed by atoms with Gasteiger partial charge >= 0.3 is 17.7 Å². The molecule has 0 radical (unpaired) electrons. The number of carboxylic acid groups (broad SMARTS) is 1. The summed E-state index contributed by atoms with van der Waals surface area (Å²) in [5.74, 6) is -5.79. The van der Waals surface area contributed by atoms with E-state index in [4.69, 9.17) is 18.9 Å². The van der Waals surface area contributed by atoms with Crippen LogP contribution in [0.3, 0.4) is 0 Å². The standard InChI is InChI=1S/C17H28O13/c1-2-3-4-5-8(19)28-12-13(23)17(16(25)26,29-14(12)24)30-15-11(22)10(21)9(20)7(6-18)27-15/h7,9-15,18,20-24H,2-6H2,1H3,(H,25,26)/t7-,9-,10+,11-,12+,13+,14+,15-,17-/m1/s1. The lowest BCUT2D eigenvalue weighted by Gasteiger charge is -2.42. The van der Waals surface area contributed by atoms with Gasteiger partial charge in [0.05, 0.1) is 6.61 Å². The van der Waals surface area contributed by atoms with Gasteiger partial charge in [-0.05, 0) is 6.42 Å². The van der Waals surface area contributed by atoms with Crippen molar-refractivity contribution in [3.05, 3.63) is 0 Å². The maximum Gasteiger partial charge on any atom is 0.367 e. The van der Waals surface area contributed by atoms with Crippen LogP contribution in [0, 0.1) is 0 Å². The van der Waals surface area contributed by atoms with Crippen molar-refractivity contribution >= 4 is 11.9 Å². The summed E-state index contributed by atoms with van der Waals surface area (Å²) in [5, 5.41) is 68.9. The maximum atomic E-state index is 11.9. The normalized spacial score (nSPS) is 41.6. The fraction of sp³-hybridized carbons (Fsp3) is 0.882. The van der Waals surface area contributed by atoms with Crippen molar-refractivity contribution in [3.8, 4) is 0 Å². The van der Waals surface area contributed by atoms with E-state index >= 15 is 0 Å². The van der Waals surface area contributed by atoms with Gasteiger partial charge in [-0.25, -0.2) is 4.79 Å². The van der Waals surface area contributed by atoms with E-state index in [1.807, 2.05) is 6.92 Å². The number of hydrogen-bond acceptors (Lipinski definition) is 12. The number of ether oxygens (including phenoxy) is 4. The van der Waals surface area contributed by atoms with E-state index in [9.17, 15) is 45.3 Å². The fourth-order valence-electron chi connectivity index (χ4n) is 3.20. The summed E-state index contributed by atoms with van der Waals surface area (Å²) in [6.07, 6.45) is -13.2. The minimum Gasteiger partial charge on any atom is -0.477 e. The maximum absolute atomic E-state index is 11.9. The highest BCUT2D eigenvalue weighted by atomic mass is 16.8. The van der Waals surface area contributed by atoms with E-state index in [0.717, 1.165) is 12.8 Å². The Bertz CT molecular complexity index is 598. The first-order valence-corrected chi connectivity index (χ1v) is 9.54. The summed E-state index contributed by atoms with van der Waals surface area (Å²) in [6, 6.07) is 0. The van der Waals surface area contributed by atoms with Crippen molar-refractivity contribution in [3.63, 3.8) is 0 Å². The lowest BCUT2D eigenvalue weighted by molar-refractivity contribution is -0.375. The molecule has 2 heterocycles. The Balaban J connectivity index is 2.17. The van der Waals surface area contributed by atoms with Gasteiger partial charge in [-0.2, -0.15) is 0 Å². The van der Waals surface area contributed by atoms with Gasteiger partial charge in [0.25, 0.3) is 0 Å². The zero-order valence-corrected chi connectivity index (χ0v) is 16.2. The molecule has 2 rings (SSSR count). The molecule has 2 aliphatic rings. The van der Waals surface area contributed by atoms with Crippen molar-refractivity contribution in [2.75, 3.05) is 6.61 Å². The highest BCUT2D eigenvalue weighted by Gasteiger charge is 2.65. The van der Waals surface area contributed by atoms with Crippen LogP contribution in [0.15, 0.2) is 0 Å². The first-order valence-electron chi connectivity index (χ1n) is 9.54. The molecule has 0 bridgehead atoms. The fourth-order valence-corrected chi connectivity index (χ4v) is 3.20. The van der Waals surface area contributed by atoms with E-state index in [-0.39, 0.29) is 6.42 Å². The zero-order valence-electron chi connectivity index (χ0n) is 16.2. The highest BCUT2D eigenvalue weighted by molar-refractivity contribution is 5.77. The third kappa shape index (κ3) is 4.90. The molecule has 0 aromatic rings. The quantitative estimate of drug-likeness (QED) is 0.139. The molecule has 2 fully saturated rings. The van der Waals surface area contributed by atoms with Gasteiger partial charge in [0.15, 0.2) is 24.8 Å². The highest BCUT2D eigenvalue weighted by Crippen LogP contribution is 2.37. The van der Waals surface area contributed by atoms with Gasteiger partial charge in [0, 0.05) is 6.42 Å². The van der Waals surface area contributed by atoms with Gasteiger partial charge in [-0.1, -0.05) is 19.8 Å². The molecule has 0 saturated carbocycles. The second kappa shape index (κ2) is 10.3. The van der Waals surface area contributed by atoms with Gasteiger partial charge in [0.1, 0.15) is 24.4 Å². The zero-order chi connectivity index (χ0) is 22.6. The van der Waals surface area contributed by atoms with Crippen molar-refractivity contribution in [2.45, 2.75) is 87.6 Å². The minimum atomic E-state index is -3.04. The molecule has 174 valence electrons. The number of carboxylic acids is 1. The Morgan fingerprint density at radius 2 is 1.70 bits per heavy atom. The van der Waals surface area contributed by atoms with Gasteiger partial charge in [-0.3, -0.25) is 4.79 Å². The second-order valence-corrected chi connectivity index (χ2v) is 7.15. The number of esters is 1. The molecule has 0 aromatic heterocycles. The van der Waals surface area contributed by atoms with E-state index in [1.54, 1.807) is 0 Å². The molecule has 7 N–H and O–H groups in total. The Kier molecular flexibility index (Phi) is 8.50. The Morgan fingerprint density at radius 1 is 1.03 bits per heavy atom. The van der Waals surface area contributed by atoms with Crippen LogP contribution in [-0.4, -0.2) is 109 Å². The SMILES string of the molecule is CCCCCC(=O)O[C@@H]1[C@@H](O)O[C@](O[C@H]2O[C@H](CO)[C@@H](O)[C@H](O)[C@H]2O)(C(=O)O)[C@H]1O. The molecule has 9 atom stereocenters. The largest absolute Gasteiger partial charge is 0.477 e. The number of rotatable bonds is 9. The van der Waals surface area contributed by atoms with Crippen LogP contribution in [0.2, 0.25) is 0 Å². The molecule has 0 amide bonds. The summed E-state index contributed by atoms with van der Waals surface area (Å²) >= 11 is 0. The van der Waals surface area contributed by atoms with Crippen LogP contribution in [0.4, 0.5) is 0 Å². The average molecular weight is 440 g/mol. The number of aliphatic hydroxyl groups is 6. The number of carbonyl (C=O) groups is 2. The first kappa shape index (κ1) is 24.8. The summed E-state index contributed by atoms with van der Waals surface area (Å²) in [5.41, 5.74) is 0. The molecular weight excluding hydrogens is 412 g/mol. The van der Waals surface area contributed by atoms with Crippen LogP contribution in [0.1, 0.15) is 32.6 Å². The molecule has 2 aliphatic heterocycles. The third-order valence-corrected chi connectivity index (χ3v) is 4.97. The van der Waals surface area contributed by atoms with Gasteiger partial charge < -0.3 is 54.7 Å². The molecule has 0 aliphatic carbocycles. The lowest BCUT2D eigenvalue weighted by atomic mass is 9.99. The average Bonchev–Trinajstić information content (AvgIpc) is 2.93. The lowest BCUT2D eigenvalue weighted by Crippen LogP contribution is -2.63. The Hall–Kier alpha value is -1.42. The van der Waals surface area contributed by atoms with Crippen molar-refractivity contribution in [1.82, 2.24) is 0 Å². The van der Waals surface area contributed by atoms with E-state index in [0.29, 0.717) is 6.42 Å². The Labute approximate surface area is 171 Å². The van der Waals surface area contributed by atoms with Crippen molar-refractivity contribution in [1.29, 1.82) is 0 Å². The summed E-state index contributed by atoms with van der Waals surface area (Å²) in [7, 11) is 0. The third-order valence-electron chi connectivity index (χ3n) is 4.97. The predicted octanol–water partition coefficient (Wildman–Crippen LogP) is -3.21. The summed E-state index contributed by atoms with van der Waals surface area (Å²) in [4.78, 5) is 23.7. The molecular formula is C17H28O13. The van der Waals surface area contributed by atoms with Gasteiger partial charge in [-0.15, -0.1) is 0 Å². The van der Waals surface area contributed by atoms with Crippen molar-refractivity contribution < 1.29 is 64.3 Å². The summed E-state index contributed by atoms with van der Waals surface area (Å²) < 4.78 is 19.9. The van der Waals surface area contributed by atoms with Crippen LogP contribution in [0.25, 0.3) is 0 Å². The summed E-state index contributed by atoms with van der Waals surface area (Å²) in [6.45, 7) is 1.11. The first-order chi connectivity index (χ1) is 14.1. The molecule has 0 unspecified atom stereocenters. The van der Waals surface area contributed by atoms with Crippen LogP contribution >= 0.6 is 0 Å². The van der Waals surface area contributed by atoms with E-state index in [1.165, 1.54) is 0 Å². The smallest absolute Gasteiger partial charge is 0.367 e. The number of carbonyl (C=O) groups excluding carboxylic acids is 1. The van der Waals surface area contributed by atoms with E-state index in [2.05, 4.69) is 0 Å². The van der Waals surface area contributed by atoms with Crippen molar-refractivity contribution in [2.24, 2.45) is 0 Å². The molecule has 30 heavy (non-hydrogen) atoms. The Morgan fingerprint density at radius 3 is 2.27 bits per heavy atom. The second-order valence-electron chi connectivity index (χ2n) is 7.15. The van der Waals surface area contributed by atoms with Crippen LogP contribution in [0.5, 0.6) is 0 Å². The minimum absolute atomic E-state index is 0.0303. The number of unbranched alkanes of at least 4 members (excludes halogenated alkanes) is 2. The molecule has 0 aromatic carbocycles. The predicted molar refractivity (Wildman–Crippen MR) is 92.3 cm³/mol. The topological polar surface area (TPSA) is 213 Å². The van der Waals surface area contributed by atoms with Crippen LogP contribution < -0.4 is 0 Å². The molecule has 2 saturated heterocycles. The molecule has 13 heteroatoms. The number of hydrogen-bond donors (Lipinski definition) is 7. The number of aliphatic hydroxyl groups excluding tert-OH is 6. The molecule has 13 nitrogen and oxygen atoms in total. The number of aliphatic carboxylic acids is 1. The van der Waals surface area contributed by atoms with Gasteiger partial charge in [0.2, 0.25) is 0 Å². The van der Waals surface area contributed by atoms with Crippen LogP contribution in [-0.2, 0) is 28.5 Å². The monoisotopic (exact) mass is 440 g/mol. The van der Waals surface area contributed by atoms with E-state index < -0.39 is 73.5 Å².